The predicted octanol–water partition coefficient (Wildman–Crippen LogP) is 3.33. The third kappa shape index (κ3) is 5.65. The number of aliphatic hydroxyl groups excluding tert-OH is 2. The van der Waals surface area contributed by atoms with Gasteiger partial charge in [0.05, 0.1) is 6.10 Å². The summed E-state index contributed by atoms with van der Waals surface area (Å²) in [4.78, 5) is 34.5. The first kappa shape index (κ1) is 28.3. The van der Waals surface area contributed by atoms with Crippen molar-refractivity contribution in [1.82, 2.24) is 0 Å². The van der Waals surface area contributed by atoms with Crippen molar-refractivity contribution in [2.75, 3.05) is 13.2 Å². The smallest absolute Gasteiger partial charge is 0.303 e. The summed E-state index contributed by atoms with van der Waals surface area (Å²) < 4.78 is 16.0. The molecule has 0 heterocycles. The number of carbonyl (C=O) groups excluding carboxylic acids is 3. The summed E-state index contributed by atoms with van der Waals surface area (Å²) >= 11 is 0. The van der Waals surface area contributed by atoms with Crippen LogP contribution >= 0.6 is 0 Å². The highest BCUT2D eigenvalue weighted by molar-refractivity contribution is 5.67. The Kier molecular flexibility index (Phi) is 8.97. The van der Waals surface area contributed by atoms with Gasteiger partial charge < -0.3 is 24.4 Å². The van der Waals surface area contributed by atoms with E-state index in [0.717, 1.165) is 24.8 Å². The molecule has 8 nitrogen and oxygen atoms in total. The van der Waals surface area contributed by atoms with Gasteiger partial charge in [0.2, 0.25) is 0 Å². The van der Waals surface area contributed by atoms with Crippen LogP contribution in [0.4, 0.5) is 0 Å². The number of esters is 3. The Morgan fingerprint density at radius 1 is 1.00 bits per heavy atom. The molecule has 0 aromatic heterocycles. The molecule has 0 bridgehead atoms. The Balaban J connectivity index is 2.35. The van der Waals surface area contributed by atoms with Gasteiger partial charge >= 0.3 is 17.9 Å². The van der Waals surface area contributed by atoms with E-state index in [-0.39, 0.29) is 36.5 Å². The first-order valence-corrected chi connectivity index (χ1v) is 12.2. The Hall–Kier alpha value is -1.93. The lowest BCUT2D eigenvalue weighted by atomic mass is 9.42. The van der Waals surface area contributed by atoms with Crippen molar-refractivity contribution in [2.24, 2.45) is 22.7 Å². The van der Waals surface area contributed by atoms with Crippen molar-refractivity contribution in [3.63, 3.8) is 0 Å². The van der Waals surface area contributed by atoms with Crippen molar-refractivity contribution in [2.45, 2.75) is 98.4 Å². The fraction of sp³-hybridized carbons (Fsp3) is 0.808. The molecule has 34 heavy (non-hydrogen) atoms. The van der Waals surface area contributed by atoms with Crippen molar-refractivity contribution in [3.8, 4) is 0 Å². The van der Waals surface area contributed by atoms with E-state index in [1.54, 1.807) is 13.0 Å². The molecule has 0 unspecified atom stereocenters. The topological polar surface area (TPSA) is 119 Å². The highest BCUT2D eigenvalue weighted by Crippen LogP contribution is 2.65. The molecule has 0 radical (unpaired) electrons. The van der Waals surface area contributed by atoms with Gasteiger partial charge in [0.25, 0.3) is 0 Å². The molecule has 2 fully saturated rings. The lowest BCUT2D eigenvalue weighted by molar-refractivity contribution is -0.272. The average molecular weight is 483 g/mol. The number of carbonyl (C=O) groups is 3. The Morgan fingerprint density at radius 3 is 2.18 bits per heavy atom. The molecule has 8 heteroatoms. The van der Waals surface area contributed by atoms with Crippen LogP contribution in [0.1, 0.15) is 80.6 Å². The van der Waals surface area contributed by atoms with E-state index in [2.05, 4.69) is 20.8 Å². The third-order valence-corrected chi connectivity index (χ3v) is 8.79. The van der Waals surface area contributed by atoms with Crippen molar-refractivity contribution >= 4 is 17.9 Å². The van der Waals surface area contributed by atoms with Crippen LogP contribution in [-0.2, 0) is 28.6 Å². The van der Waals surface area contributed by atoms with E-state index in [1.165, 1.54) is 20.8 Å². The summed E-state index contributed by atoms with van der Waals surface area (Å²) in [7, 11) is 0. The molecular formula is C26H42O8. The fourth-order valence-corrected chi connectivity index (χ4v) is 6.32. The molecule has 2 aliphatic rings. The van der Waals surface area contributed by atoms with Crippen molar-refractivity contribution in [1.29, 1.82) is 0 Å². The van der Waals surface area contributed by atoms with Gasteiger partial charge in [0, 0.05) is 26.2 Å². The Morgan fingerprint density at radius 2 is 1.62 bits per heavy atom. The van der Waals surface area contributed by atoms with E-state index in [1.807, 2.05) is 0 Å². The molecule has 0 aromatic rings. The number of hydrogen-bond acceptors (Lipinski definition) is 8. The predicted molar refractivity (Wildman–Crippen MR) is 125 cm³/mol. The molecule has 194 valence electrons. The molecule has 2 aliphatic carbocycles. The van der Waals surface area contributed by atoms with E-state index < -0.39 is 29.2 Å². The summed E-state index contributed by atoms with van der Waals surface area (Å²) in [5, 5.41) is 21.8. The van der Waals surface area contributed by atoms with E-state index in [9.17, 15) is 24.6 Å². The van der Waals surface area contributed by atoms with Crippen LogP contribution in [-0.4, -0.2) is 59.1 Å². The van der Waals surface area contributed by atoms with Gasteiger partial charge in [-0.3, -0.25) is 14.4 Å². The number of aliphatic hydroxyl groups is 2. The highest BCUT2D eigenvalue weighted by atomic mass is 16.6. The Bertz CT molecular complexity index is 807. The summed E-state index contributed by atoms with van der Waals surface area (Å²) in [6, 6.07) is 0. The summed E-state index contributed by atoms with van der Waals surface area (Å²) in [6.07, 6.45) is 3.02. The molecule has 0 aromatic carbocycles. The highest BCUT2D eigenvalue weighted by Gasteiger charge is 2.67. The molecule has 2 N–H and O–H groups in total. The van der Waals surface area contributed by atoms with Gasteiger partial charge in [0.1, 0.15) is 24.9 Å². The van der Waals surface area contributed by atoms with Gasteiger partial charge in [-0.25, -0.2) is 0 Å². The van der Waals surface area contributed by atoms with Crippen LogP contribution < -0.4 is 0 Å². The SMILES string of the molecule is CC(=O)OC/C=C(\CC[C@@]1(C)[C@H](C)CC[C@]2(C)[C@@H]1C[C@@H](O)[C@@H](O)[C@]2(C)OC(C)=O)COC(C)=O. The lowest BCUT2D eigenvalue weighted by Crippen LogP contribution is -2.70. The molecule has 0 amide bonds. The van der Waals surface area contributed by atoms with Crippen LogP contribution in [0.25, 0.3) is 0 Å². The van der Waals surface area contributed by atoms with Crippen LogP contribution in [0.5, 0.6) is 0 Å². The maximum Gasteiger partial charge on any atom is 0.303 e. The Labute approximate surface area is 203 Å². The second-order valence-corrected chi connectivity index (χ2v) is 10.8. The number of fused-ring (bicyclic) bond motifs is 1. The van der Waals surface area contributed by atoms with Crippen LogP contribution in [0.15, 0.2) is 11.6 Å². The van der Waals surface area contributed by atoms with Gasteiger partial charge in [-0.05, 0) is 67.9 Å². The van der Waals surface area contributed by atoms with Crippen molar-refractivity contribution < 1.29 is 38.8 Å². The zero-order valence-corrected chi connectivity index (χ0v) is 21.7. The lowest BCUT2D eigenvalue weighted by Gasteiger charge is -2.65. The standard InChI is InChI=1S/C26H42O8/c1-16-8-12-25(6)22(14-21(30)23(31)26(25,7)34-19(4)29)24(16,5)11-9-20(15-33-18(3)28)10-13-32-17(2)27/h10,16,21-23,30-31H,8-9,11-15H2,1-7H3/b20-10+/t16-,21-,22-,23-,24+,25-,26+/m1/s1. The minimum Gasteiger partial charge on any atom is -0.462 e. The molecule has 0 saturated heterocycles. The molecular weight excluding hydrogens is 440 g/mol. The fourth-order valence-electron chi connectivity index (χ4n) is 6.32. The second-order valence-electron chi connectivity index (χ2n) is 10.8. The van der Waals surface area contributed by atoms with Crippen LogP contribution in [0.3, 0.4) is 0 Å². The first-order valence-electron chi connectivity index (χ1n) is 12.2. The maximum atomic E-state index is 12.0. The van der Waals surface area contributed by atoms with Gasteiger partial charge in [0.15, 0.2) is 0 Å². The largest absolute Gasteiger partial charge is 0.462 e. The number of rotatable bonds is 8. The minimum absolute atomic E-state index is 0.0186. The number of ether oxygens (including phenoxy) is 3. The average Bonchev–Trinajstić information content (AvgIpc) is 2.73. The molecule has 2 rings (SSSR count). The molecule has 0 spiro atoms. The zero-order valence-electron chi connectivity index (χ0n) is 21.7. The maximum absolute atomic E-state index is 12.0. The van der Waals surface area contributed by atoms with Crippen molar-refractivity contribution in [3.05, 3.63) is 11.6 Å². The summed E-state index contributed by atoms with van der Waals surface area (Å²) in [5.74, 6) is -0.947. The van der Waals surface area contributed by atoms with Gasteiger partial charge in [-0.1, -0.05) is 20.8 Å². The number of hydrogen-bond donors (Lipinski definition) is 2. The van der Waals surface area contributed by atoms with E-state index in [4.69, 9.17) is 14.2 Å². The van der Waals surface area contributed by atoms with E-state index in [0.29, 0.717) is 18.8 Å². The van der Waals surface area contributed by atoms with E-state index >= 15 is 0 Å². The normalized spacial score (nSPS) is 38.0. The summed E-state index contributed by atoms with van der Waals surface area (Å²) in [5.41, 5.74) is -1.13. The second kappa shape index (κ2) is 10.8. The van der Waals surface area contributed by atoms with Gasteiger partial charge in [-0.2, -0.15) is 0 Å². The molecule has 2 saturated carbocycles. The molecule has 7 atom stereocenters. The monoisotopic (exact) mass is 482 g/mol. The zero-order chi connectivity index (χ0) is 25.9. The first-order chi connectivity index (χ1) is 15.7. The minimum atomic E-state index is -1.21. The van der Waals surface area contributed by atoms with Crippen LogP contribution in [0, 0.1) is 22.7 Å². The molecule has 0 aliphatic heterocycles. The quantitative estimate of drug-likeness (QED) is 0.307. The van der Waals surface area contributed by atoms with Crippen LogP contribution in [0.2, 0.25) is 0 Å². The van der Waals surface area contributed by atoms with Gasteiger partial charge in [-0.15, -0.1) is 0 Å². The summed E-state index contributed by atoms with van der Waals surface area (Å²) in [6.45, 7) is 12.5. The third-order valence-electron chi connectivity index (χ3n) is 8.79.